The number of aromatic nitrogens is 3. The number of rotatable bonds is 5. The number of carbonyl (C=O) groups is 1. The third-order valence-corrected chi connectivity index (χ3v) is 2.93. The fraction of sp³-hybridized carbons (Fsp3) is 0.267. The van der Waals surface area contributed by atoms with Gasteiger partial charge < -0.3 is 10.1 Å². The Morgan fingerprint density at radius 1 is 1.32 bits per heavy atom. The van der Waals surface area contributed by atoms with Crippen LogP contribution in [0.5, 0.6) is 5.75 Å². The molecule has 2 rings (SSSR count). The lowest BCUT2D eigenvalue weighted by atomic mass is 10.2. The summed E-state index contributed by atoms with van der Waals surface area (Å²) in [4.78, 5) is 15.7. The van der Waals surface area contributed by atoms with Crippen molar-refractivity contribution in [3.05, 3.63) is 41.5 Å². The Labute approximate surface area is 127 Å². The van der Waals surface area contributed by atoms with E-state index in [1.807, 2.05) is 12.1 Å². The van der Waals surface area contributed by atoms with Gasteiger partial charge >= 0.3 is 0 Å². The minimum absolute atomic E-state index is 0.0721. The van der Waals surface area contributed by atoms with Crippen LogP contribution < -0.4 is 10.1 Å². The summed E-state index contributed by atoms with van der Waals surface area (Å²) in [5.41, 5.74) is 1.14. The Kier molecular flexibility index (Phi) is 4.88. The minimum atomic E-state index is -0.783. The first-order valence-corrected chi connectivity index (χ1v) is 6.68. The number of halogens is 1. The molecule has 1 aromatic carbocycles. The molecule has 22 heavy (non-hydrogen) atoms. The van der Waals surface area contributed by atoms with Crippen LogP contribution in [0, 0.1) is 0 Å². The number of H-pyrrole nitrogens is 1. The van der Waals surface area contributed by atoms with Crippen LogP contribution in [0.25, 0.3) is 11.4 Å². The highest BCUT2D eigenvalue weighted by Gasteiger charge is 2.11. The smallest absolute Gasteiger partial charge is 0.280 e. The van der Waals surface area contributed by atoms with Crippen molar-refractivity contribution in [3.63, 3.8) is 0 Å². The molecule has 1 heterocycles. The van der Waals surface area contributed by atoms with Crippen molar-refractivity contribution in [3.8, 4) is 17.1 Å². The molecule has 116 valence electrons. The largest absolute Gasteiger partial charge is 0.497 e. The van der Waals surface area contributed by atoms with Crippen molar-refractivity contribution in [1.29, 1.82) is 0 Å². The number of aromatic amines is 1. The van der Waals surface area contributed by atoms with Crippen LogP contribution in [-0.2, 0) is 11.3 Å². The van der Waals surface area contributed by atoms with Gasteiger partial charge in [-0.1, -0.05) is 0 Å². The van der Waals surface area contributed by atoms with Crippen molar-refractivity contribution in [1.82, 2.24) is 20.5 Å². The van der Waals surface area contributed by atoms with Crippen molar-refractivity contribution >= 4 is 5.91 Å². The van der Waals surface area contributed by atoms with Gasteiger partial charge in [0.1, 0.15) is 11.6 Å². The zero-order valence-corrected chi connectivity index (χ0v) is 12.6. The van der Waals surface area contributed by atoms with Crippen molar-refractivity contribution in [2.24, 2.45) is 0 Å². The lowest BCUT2D eigenvalue weighted by Gasteiger charge is -2.01. The number of amides is 1. The maximum absolute atomic E-state index is 13.4. The second-order valence-corrected chi connectivity index (χ2v) is 4.83. The normalized spacial score (nSPS) is 10.2. The van der Waals surface area contributed by atoms with E-state index in [9.17, 15) is 9.18 Å². The van der Waals surface area contributed by atoms with Crippen LogP contribution in [0.4, 0.5) is 4.39 Å². The van der Waals surface area contributed by atoms with Gasteiger partial charge in [0.05, 0.1) is 13.7 Å². The number of methoxy groups -OCH3 is 1. The van der Waals surface area contributed by atoms with E-state index in [4.69, 9.17) is 4.74 Å². The van der Waals surface area contributed by atoms with Gasteiger partial charge in [-0.05, 0) is 43.7 Å². The minimum Gasteiger partial charge on any atom is -0.497 e. The summed E-state index contributed by atoms with van der Waals surface area (Å²) in [5, 5.41) is 9.21. The molecule has 0 spiro atoms. The van der Waals surface area contributed by atoms with Crippen molar-refractivity contribution in [2.75, 3.05) is 7.11 Å². The van der Waals surface area contributed by atoms with E-state index in [1.54, 1.807) is 19.2 Å². The van der Waals surface area contributed by atoms with Crippen molar-refractivity contribution in [2.45, 2.75) is 20.4 Å². The Morgan fingerprint density at radius 2 is 2.00 bits per heavy atom. The van der Waals surface area contributed by atoms with Gasteiger partial charge in [-0.2, -0.15) is 5.10 Å². The number of allylic oxidation sites excluding steroid dienone is 1. The Morgan fingerprint density at radius 3 is 2.59 bits per heavy atom. The SMILES string of the molecule is COc1ccc(-c2n[nH]c(CNC(=O)C(F)=C(C)C)n2)cc1. The number of ether oxygens (including phenoxy) is 1. The first kappa shape index (κ1) is 15.7. The molecule has 2 aromatic rings. The van der Waals surface area contributed by atoms with E-state index in [1.165, 1.54) is 13.8 Å². The van der Waals surface area contributed by atoms with E-state index in [0.29, 0.717) is 17.2 Å². The second-order valence-electron chi connectivity index (χ2n) is 4.83. The predicted octanol–water partition coefficient (Wildman–Crippen LogP) is 2.36. The molecule has 2 N–H and O–H groups in total. The molecule has 0 fully saturated rings. The van der Waals surface area contributed by atoms with Gasteiger partial charge in [0.2, 0.25) is 0 Å². The first-order chi connectivity index (χ1) is 10.5. The number of hydrogen-bond donors (Lipinski definition) is 2. The topological polar surface area (TPSA) is 79.9 Å². The average Bonchev–Trinajstić information content (AvgIpc) is 3.00. The van der Waals surface area contributed by atoms with Gasteiger partial charge in [-0.15, -0.1) is 0 Å². The molecule has 0 aliphatic heterocycles. The third kappa shape index (κ3) is 3.69. The van der Waals surface area contributed by atoms with Gasteiger partial charge in [0, 0.05) is 5.56 Å². The summed E-state index contributed by atoms with van der Waals surface area (Å²) in [6, 6.07) is 7.26. The molecule has 1 amide bonds. The van der Waals surface area contributed by atoms with Gasteiger partial charge in [0.25, 0.3) is 5.91 Å². The number of nitrogens with one attached hydrogen (secondary N) is 2. The molecule has 0 saturated carbocycles. The lowest BCUT2D eigenvalue weighted by Crippen LogP contribution is -2.24. The standard InChI is InChI=1S/C15H17FN4O2/c1-9(2)13(16)15(21)17-8-12-18-14(20-19-12)10-4-6-11(22-3)7-5-10/h4-7H,8H2,1-3H3,(H,17,21)(H,18,19,20). The Bertz CT molecular complexity index is 688. The number of carbonyl (C=O) groups excluding carboxylic acids is 1. The summed E-state index contributed by atoms with van der Waals surface area (Å²) >= 11 is 0. The van der Waals surface area contributed by atoms with Crippen LogP contribution in [0.2, 0.25) is 0 Å². The maximum atomic E-state index is 13.4. The highest BCUT2D eigenvalue weighted by atomic mass is 19.1. The van der Waals surface area contributed by atoms with E-state index in [-0.39, 0.29) is 6.54 Å². The van der Waals surface area contributed by atoms with Gasteiger partial charge in [-0.25, -0.2) is 9.37 Å². The molecule has 1 aromatic heterocycles. The zero-order valence-electron chi connectivity index (χ0n) is 12.6. The molecule has 0 saturated heterocycles. The predicted molar refractivity (Wildman–Crippen MR) is 79.7 cm³/mol. The van der Waals surface area contributed by atoms with Crippen LogP contribution >= 0.6 is 0 Å². The summed E-state index contributed by atoms with van der Waals surface area (Å²) in [6.07, 6.45) is 0. The highest BCUT2D eigenvalue weighted by molar-refractivity contribution is 5.91. The summed E-state index contributed by atoms with van der Waals surface area (Å²) in [6.45, 7) is 3.14. The summed E-state index contributed by atoms with van der Waals surface area (Å²) in [5.74, 6) is 0.136. The third-order valence-electron chi connectivity index (χ3n) is 2.93. The van der Waals surface area contributed by atoms with Crippen LogP contribution in [0.3, 0.4) is 0 Å². The van der Waals surface area contributed by atoms with E-state index in [2.05, 4.69) is 20.5 Å². The number of benzene rings is 1. The lowest BCUT2D eigenvalue weighted by molar-refractivity contribution is -0.119. The van der Waals surface area contributed by atoms with Crippen LogP contribution in [-0.4, -0.2) is 28.2 Å². The summed E-state index contributed by atoms with van der Waals surface area (Å²) < 4.78 is 18.5. The molecule has 0 unspecified atom stereocenters. The molecule has 0 radical (unpaired) electrons. The first-order valence-electron chi connectivity index (χ1n) is 6.68. The van der Waals surface area contributed by atoms with E-state index >= 15 is 0 Å². The molecule has 6 nitrogen and oxygen atoms in total. The molecule has 0 aliphatic carbocycles. The average molecular weight is 304 g/mol. The Hall–Kier alpha value is -2.70. The van der Waals surface area contributed by atoms with Gasteiger partial charge in [-0.3, -0.25) is 9.89 Å². The molecular formula is C15H17FN4O2. The van der Waals surface area contributed by atoms with Crippen LogP contribution in [0.15, 0.2) is 35.7 Å². The number of hydrogen-bond acceptors (Lipinski definition) is 4. The van der Waals surface area contributed by atoms with Crippen molar-refractivity contribution < 1.29 is 13.9 Å². The van der Waals surface area contributed by atoms with Gasteiger partial charge in [0.15, 0.2) is 11.7 Å². The van der Waals surface area contributed by atoms with Crippen LogP contribution in [0.1, 0.15) is 19.7 Å². The molecule has 0 atom stereocenters. The second kappa shape index (κ2) is 6.84. The van der Waals surface area contributed by atoms with E-state index in [0.717, 1.165) is 11.3 Å². The molecule has 7 heteroatoms. The molecular weight excluding hydrogens is 287 g/mol. The number of nitrogens with zero attached hydrogens (tertiary/aromatic N) is 2. The van der Waals surface area contributed by atoms with E-state index < -0.39 is 11.7 Å². The molecule has 0 aliphatic rings. The quantitative estimate of drug-likeness (QED) is 0.831. The summed E-state index contributed by atoms with van der Waals surface area (Å²) in [7, 11) is 1.59. The fourth-order valence-corrected chi connectivity index (χ4v) is 1.71. The molecule has 0 bridgehead atoms. The Balaban J connectivity index is 2.02. The maximum Gasteiger partial charge on any atom is 0.280 e. The fourth-order valence-electron chi connectivity index (χ4n) is 1.71. The monoisotopic (exact) mass is 304 g/mol. The zero-order chi connectivity index (χ0) is 16.1. The highest BCUT2D eigenvalue weighted by Crippen LogP contribution is 2.18.